The Hall–Kier alpha value is -4.52. The van der Waals surface area contributed by atoms with Crippen molar-refractivity contribution in [2.75, 3.05) is 14.2 Å². The van der Waals surface area contributed by atoms with E-state index in [-0.39, 0.29) is 23.9 Å². The number of non-ortho nitro benzene ring substituents is 1. The lowest BCUT2D eigenvalue weighted by atomic mass is 9.83. The van der Waals surface area contributed by atoms with Gasteiger partial charge in [0.05, 0.1) is 44.4 Å². The SMILES string of the molecule is COc1ccc([C@H]2C3=C(N=c4s/c(=C\c5cc(Br)c(OCc6ccc([N+](=O)[O-])cc6)c(Br)c5)c(=O)n42)c2ccccc2CC3)cc1OC. The minimum absolute atomic E-state index is 0.0239. The van der Waals surface area contributed by atoms with E-state index >= 15 is 0 Å². The molecule has 0 saturated heterocycles. The Morgan fingerprint density at radius 2 is 1.71 bits per heavy atom. The van der Waals surface area contributed by atoms with Gasteiger partial charge in [0, 0.05) is 17.7 Å². The highest BCUT2D eigenvalue weighted by Crippen LogP contribution is 2.43. The molecule has 1 atom stereocenters. The van der Waals surface area contributed by atoms with E-state index in [1.807, 2.05) is 42.5 Å². The van der Waals surface area contributed by atoms with Crippen molar-refractivity contribution in [1.29, 1.82) is 0 Å². The lowest BCUT2D eigenvalue weighted by molar-refractivity contribution is -0.384. The molecule has 0 unspecified atom stereocenters. The summed E-state index contributed by atoms with van der Waals surface area (Å²) in [5.74, 6) is 1.79. The van der Waals surface area contributed by atoms with Gasteiger partial charge in [0.15, 0.2) is 16.3 Å². The van der Waals surface area contributed by atoms with Gasteiger partial charge in [0.25, 0.3) is 11.2 Å². The number of methoxy groups -OCH3 is 2. The van der Waals surface area contributed by atoms with Crippen LogP contribution in [-0.2, 0) is 13.0 Å². The maximum Gasteiger partial charge on any atom is 0.271 e. The van der Waals surface area contributed by atoms with Crippen LogP contribution in [0, 0.1) is 10.1 Å². The fourth-order valence-corrected chi connectivity index (χ4v) is 8.62. The van der Waals surface area contributed by atoms with Crippen molar-refractivity contribution >= 4 is 60.7 Å². The Morgan fingerprint density at radius 1 is 0.979 bits per heavy atom. The summed E-state index contributed by atoms with van der Waals surface area (Å²) < 4.78 is 20.9. The Morgan fingerprint density at radius 3 is 2.42 bits per heavy atom. The third-order valence-electron chi connectivity index (χ3n) is 8.44. The zero-order valence-electron chi connectivity index (χ0n) is 25.7. The fraction of sp³-hybridized carbons (Fsp3) is 0.167. The topological polar surface area (TPSA) is 105 Å². The first-order chi connectivity index (χ1) is 23.2. The molecule has 1 aliphatic carbocycles. The second-order valence-corrected chi connectivity index (χ2v) is 14.0. The van der Waals surface area contributed by atoms with Gasteiger partial charge in [-0.05, 0) is 115 Å². The highest BCUT2D eigenvalue weighted by Gasteiger charge is 2.33. The zero-order valence-corrected chi connectivity index (χ0v) is 29.7. The van der Waals surface area contributed by atoms with Gasteiger partial charge in [-0.1, -0.05) is 41.7 Å². The fourth-order valence-electron chi connectivity index (χ4n) is 6.17. The van der Waals surface area contributed by atoms with Crippen LogP contribution < -0.4 is 29.1 Å². The van der Waals surface area contributed by atoms with Crippen molar-refractivity contribution in [3.05, 3.63) is 151 Å². The summed E-state index contributed by atoms with van der Waals surface area (Å²) in [7, 11) is 3.21. The zero-order chi connectivity index (χ0) is 33.5. The van der Waals surface area contributed by atoms with E-state index in [9.17, 15) is 14.9 Å². The average Bonchev–Trinajstić information content (AvgIpc) is 3.40. The highest BCUT2D eigenvalue weighted by molar-refractivity contribution is 9.11. The molecular weight excluding hydrogens is 762 g/mol. The number of allylic oxidation sites excluding steroid dienone is 1. The molecule has 0 spiro atoms. The van der Waals surface area contributed by atoms with Crippen LogP contribution in [0.15, 0.2) is 103 Å². The first-order valence-electron chi connectivity index (χ1n) is 15.0. The molecule has 2 aliphatic rings. The molecular formula is C36H27Br2N3O6S. The molecule has 12 heteroatoms. The summed E-state index contributed by atoms with van der Waals surface area (Å²) in [6.45, 7) is 0.219. The van der Waals surface area contributed by atoms with Gasteiger partial charge in [-0.2, -0.15) is 0 Å². The third-order valence-corrected chi connectivity index (χ3v) is 10.6. The third kappa shape index (κ3) is 5.88. The van der Waals surface area contributed by atoms with Crippen LogP contribution in [0.2, 0.25) is 0 Å². The summed E-state index contributed by atoms with van der Waals surface area (Å²) in [4.78, 5) is 30.6. The van der Waals surface area contributed by atoms with Crippen LogP contribution in [0.5, 0.6) is 17.2 Å². The van der Waals surface area contributed by atoms with Gasteiger partial charge in [-0.3, -0.25) is 19.5 Å². The first kappa shape index (κ1) is 32.0. The number of benzene rings is 4. The predicted molar refractivity (Wildman–Crippen MR) is 192 cm³/mol. The van der Waals surface area contributed by atoms with Crippen molar-refractivity contribution < 1.29 is 19.1 Å². The number of nitrogens with zero attached hydrogens (tertiary/aromatic N) is 3. The number of fused-ring (bicyclic) bond motifs is 3. The molecule has 0 fully saturated rings. The van der Waals surface area contributed by atoms with Gasteiger partial charge < -0.3 is 14.2 Å². The molecule has 5 aromatic rings. The number of ether oxygens (including phenoxy) is 3. The maximum absolute atomic E-state index is 14.3. The molecule has 0 amide bonds. The van der Waals surface area contributed by atoms with Crippen molar-refractivity contribution in [2.45, 2.75) is 25.5 Å². The van der Waals surface area contributed by atoms with Gasteiger partial charge in [-0.15, -0.1) is 0 Å². The molecule has 0 saturated carbocycles. The Bertz CT molecular complexity index is 2290. The largest absolute Gasteiger partial charge is 0.493 e. The molecule has 7 rings (SSSR count). The van der Waals surface area contributed by atoms with Gasteiger partial charge in [0.2, 0.25) is 0 Å². The summed E-state index contributed by atoms with van der Waals surface area (Å²) in [5.41, 5.74) is 6.75. The van der Waals surface area contributed by atoms with E-state index in [2.05, 4.69) is 50.1 Å². The van der Waals surface area contributed by atoms with Crippen molar-refractivity contribution in [1.82, 2.24) is 4.57 Å². The van der Waals surface area contributed by atoms with Crippen molar-refractivity contribution in [3.63, 3.8) is 0 Å². The summed E-state index contributed by atoms with van der Waals surface area (Å²) in [6, 6.07) is 23.8. The normalized spacial score (nSPS) is 15.2. The van der Waals surface area contributed by atoms with Crippen LogP contribution in [0.4, 0.5) is 5.69 Å². The van der Waals surface area contributed by atoms with E-state index in [1.54, 1.807) is 30.9 Å². The minimum Gasteiger partial charge on any atom is -0.493 e. The molecule has 48 heavy (non-hydrogen) atoms. The van der Waals surface area contributed by atoms with Crippen molar-refractivity contribution in [2.24, 2.45) is 4.99 Å². The number of hydrogen-bond acceptors (Lipinski definition) is 8. The molecule has 2 heterocycles. The second-order valence-electron chi connectivity index (χ2n) is 11.3. The van der Waals surface area contributed by atoms with E-state index in [1.165, 1.54) is 29.0 Å². The summed E-state index contributed by atoms with van der Waals surface area (Å²) in [5, 5.41) is 11.0. The number of nitro groups is 1. The van der Waals surface area contributed by atoms with Crippen molar-refractivity contribution in [3.8, 4) is 17.2 Å². The van der Waals surface area contributed by atoms with Crippen LogP contribution in [0.3, 0.4) is 0 Å². The molecule has 9 nitrogen and oxygen atoms in total. The molecule has 242 valence electrons. The molecule has 0 bridgehead atoms. The number of rotatable bonds is 8. The number of halogens is 2. The Kier molecular flexibility index (Phi) is 8.80. The number of aryl methyl sites for hydroxylation is 1. The van der Waals surface area contributed by atoms with Crippen LogP contribution in [0.1, 0.15) is 40.3 Å². The second kappa shape index (κ2) is 13.2. The average molecular weight is 790 g/mol. The number of hydrogen-bond donors (Lipinski definition) is 0. The van der Waals surface area contributed by atoms with E-state index < -0.39 is 4.92 Å². The Labute approximate surface area is 295 Å². The molecule has 0 N–H and O–H groups in total. The highest BCUT2D eigenvalue weighted by atomic mass is 79.9. The smallest absolute Gasteiger partial charge is 0.271 e. The lowest BCUT2D eigenvalue weighted by Crippen LogP contribution is -2.38. The first-order valence-corrected chi connectivity index (χ1v) is 17.4. The summed E-state index contributed by atoms with van der Waals surface area (Å²) in [6.07, 6.45) is 3.50. The Balaban J connectivity index is 1.29. The van der Waals surface area contributed by atoms with Crippen LogP contribution in [0.25, 0.3) is 11.8 Å². The monoisotopic (exact) mass is 787 g/mol. The molecule has 1 aliphatic heterocycles. The maximum atomic E-state index is 14.3. The van der Waals surface area contributed by atoms with Crippen LogP contribution in [-0.4, -0.2) is 23.7 Å². The number of nitro benzene ring substituents is 1. The predicted octanol–water partition coefficient (Wildman–Crippen LogP) is 7.35. The molecule has 0 radical (unpaired) electrons. The van der Waals surface area contributed by atoms with E-state index in [0.717, 1.165) is 46.4 Å². The standard InChI is InChI=1S/C36H27Br2N3O6S/c1-45-29-14-10-23(18-30(29)46-2)33-26-13-9-22-5-3-4-6-25(22)32(26)39-36-40(33)35(42)31(48-36)17-21-15-27(37)34(28(38)16-21)47-19-20-7-11-24(12-8-20)41(43)44/h3-8,10-12,14-18,33H,9,13,19H2,1-2H3/b31-17-/t33-/m0/s1. The molecule has 1 aromatic heterocycles. The lowest BCUT2D eigenvalue weighted by Gasteiger charge is -2.31. The van der Waals surface area contributed by atoms with Gasteiger partial charge in [0.1, 0.15) is 12.4 Å². The quantitative estimate of drug-likeness (QED) is 0.120. The molecule has 4 aromatic carbocycles. The number of thiazole rings is 1. The summed E-state index contributed by atoms with van der Waals surface area (Å²) >= 11 is 8.60. The van der Waals surface area contributed by atoms with E-state index in [0.29, 0.717) is 35.5 Å². The van der Waals surface area contributed by atoms with Gasteiger partial charge in [-0.25, -0.2) is 4.99 Å². The minimum atomic E-state index is -0.433. The van der Waals surface area contributed by atoms with Crippen LogP contribution >= 0.6 is 43.2 Å². The van der Waals surface area contributed by atoms with Gasteiger partial charge >= 0.3 is 0 Å². The number of aromatic nitrogens is 1. The van der Waals surface area contributed by atoms with E-state index in [4.69, 9.17) is 19.2 Å².